The summed E-state index contributed by atoms with van der Waals surface area (Å²) in [5.41, 5.74) is 0.515. The van der Waals surface area contributed by atoms with Crippen molar-refractivity contribution in [2.24, 2.45) is 5.92 Å². The molecule has 4 rings (SSSR count). The summed E-state index contributed by atoms with van der Waals surface area (Å²) in [4.78, 5) is 39.3. The van der Waals surface area contributed by atoms with Gasteiger partial charge in [0, 0.05) is 38.5 Å². The number of piperidine rings is 1. The van der Waals surface area contributed by atoms with E-state index in [0.29, 0.717) is 56.3 Å². The van der Waals surface area contributed by atoms with Gasteiger partial charge >= 0.3 is 0 Å². The van der Waals surface area contributed by atoms with Crippen molar-refractivity contribution >= 4 is 34.7 Å². The Labute approximate surface area is 188 Å². The highest BCUT2D eigenvalue weighted by atomic mass is 32.1. The van der Waals surface area contributed by atoms with Crippen LogP contribution in [0, 0.1) is 5.92 Å². The maximum Gasteiger partial charge on any atom is 0.286 e. The molecule has 0 saturated carbocycles. The predicted molar refractivity (Wildman–Crippen MR) is 114 cm³/mol. The molecule has 2 aliphatic rings. The topological polar surface area (TPSA) is 132 Å². The van der Waals surface area contributed by atoms with E-state index in [9.17, 15) is 14.4 Å². The zero-order valence-corrected chi connectivity index (χ0v) is 18.3. The van der Waals surface area contributed by atoms with Crippen LogP contribution < -0.4 is 20.1 Å². The summed E-state index contributed by atoms with van der Waals surface area (Å²) in [6.45, 7) is 1.83. The van der Waals surface area contributed by atoms with Gasteiger partial charge in [-0.2, -0.15) is 0 Å². The van der Waals surface area contributed by atoms with E-state index in [-0.39, 0.29) is 34.5 Å². The van der Waals surface area contributed by atoms with Crippen molar-refractivity contribution in [2.45, 2.75) is 12.8 Å². The lowest BCUT2D eigenvalue weighted by Gasteiger charge is -2.31. The van der Waals surface area contributed by atoms with E-state index < -0.39 is 5.91 Å². The van der Waals surface area contributed by atoms with Crippen molar-refractivity contribution in [3.05, 3.63) is 28.2 Å². The number of ether oxygens (including phenoxy) is 3. The molecule has 3 amide bonds. The van der Waals surface area contributed by atoms with Gasteiger partial charge in [0.15, 0.2) is 11.5 Å². The molecule has 1 atom stereocenters. The van der Waals surface area contributed by atoms with Gasteiger partial charge in [0.2, 0.25) is 22.7 Å². The zero-order chi connectivity index (χ0) is 22.5. The number of rotatable bonds is 7. The number of carbonyl (C=O) groups excluding carboxylic acids is 3. The number of hydrogen-bond donors (Lipinski definition) is 2. The van der Waals surface area contributed by atoms with E-state index in [1.54, 1.807) is 30.2 Å². The molecule has 170 valence electrons. The van der Waals surface area contributed by atoms with E-state index in [4.69, 9.17) is 14.2 Å². The molecule has 2 aromatic rings. The van der Waals surface area contributed by atoms with Crippen molar-refractivity contribution in [1.29, 1.82) is 0 Å². The number of hydrogen-bond acceptors (Lipinski definition) is 9. The van der Waals surface area contributed by atoms with Crippen LogP contribution >= 0.6 is 11.3 Å². The number of amides is 3. The molecule has 1 aromatic heterocycles. The summed E-state index contributed by atoms with van der Waals surface area (Å²) in [6, 6.07) is 5.04. The maximum absolute atomic E-state index is 12.9. The molecule has 12 heteroatoms. The van der Waals surface area contributed by atoms with Gasteiger partial charge in [-0.05, 0) is 25.0 Å². The van der Waals surface area contributed by atoms with Gasteiger partial charge in [-0.3, -0.25) is 14.4 Å². The highest BCUT2D eigenvalue weighted by Gasteiger charge is 2.30. The average molecular weight is 462 g/mol. The minimum atomic E-state index is -0.477. The van der Waals surface area contributed by atoms with E-state index >= 15 is 0 Å². The Bertz CT molecular complexity index is 1010. The third kappa shape index (κ3) is 4.97. The molecule has 0 aliphatic carbocycles. The fraction of sp³-hybridized carbons (Fsp3) is 0.450. The van der Waals surface area contributed by atoms with Gasteiger partial charge in [-0.25, -0.2) is 0 Å². The minimum absolute atomic E-state index is 0.0666. The number of likely N-dealkylation sites (tertiary alicyclic amines) is 1. The SMILES string of the molecule is COCCNC(=O)C1CCCN(C(=O)c2nnc(C(=O)Nc3ccc4c(c3)OCO4)s2)C1. The molecule has 1 aromatic carbocycles. The summed E-state index contributed by atoms with van der Waals surface area (Å²) in [5, 5.41) is 13.5. The lowest BCUT2D eigenvalue weighted by atomic mass is 9.97. The summed E-state index contributed by atoms with van der Waals surface area (Å²) < 4.78 is 15.5. The number of methoxy groups -OCH3 is 1. The predicted octanol–water partition coefficient (Wildman–Crippen LogP) is 1.13. The standard InChI is InChI=1S/C20H23N5O6S/c1-29-8-6-21-16(26)12-3-2-7-25(10-12)20(28)19-24-23-18(32-19)17(27)22-13-4-5-14-15(9-13)31-11-30-14/h4-5,9,12H,2-3,6-8,10-11H2,1H3,(H,21,26)(H,22,27). The number of benzene rings is 1. The van der Waals surface area contributed by atoms with Gasteiger partial charge in [0.25, 0.3) is 11.8 Å². The maximum atomic E-state index is 12.9. The number of anilines is 1. The number of nitrogens with zero attached hydrogens (tertiary/aromatic N) is 3. The first-order valence-electron chi connectivity index (χ1n) is 10.2. The Morgan fingerprint density at radius 2 is 2.03 bits per heavy atom. The summed E-state index contributed by atoms with van der Waals surface area (Å²) >= 11 is 0.915. The van der Waals surface area contributed by atoms with Crippen molar-refractivity contribution in [3.8, 4) is 11.5 Å². The van der Waals surface area contributed by atoms with Crippen LogP contribution in [-0.2, 0) is 9.53 Å². The van der Waals surface area contributed by atoms with E-state index in [2.05, 4.69) is 20.8 Å². The molecule has 1 fully saturated rings. The first-order chi connectivity index (χ1) is 15.5. The Morgan fingerprint density at radius 3 is 2.88 bits per heavy atom. The second-order valence-electron chi connectivity index (χ2n) is 7.31. The molecule has 11 nitrogen and oxygen atoms in total. The first-order valence-corrected chi connectivity index (χ1v) is 11.0. The normalized spacial score (nSPS) is 17.2. The number of aromatic nitrogens is 2. The molecule has 3 heterocycles. The summed E-state index contributed by atoms with van der Waals surface area (Å²) in [6.07, 6.45) is 1.42. The molecule has 0 bridgehead atoms. The minimum Gasteiger partial charge on any atom is -0.454 e. The van der Waals surface area contributed by atoms with Crippen LogP contribution in [0.25, 0.3) is 0 Å². The first kappa shape index (κ1) is 22.0. The highest BCUT2D eigenvalue weighted by molar-refractivity contribution is 7.15. The number of fused-ring (bicyclic) bond motifs is 1. The van der Waals surface area contributed by atoms with Crippen molar-refractivity contribution < 1.29 is 28.6 Å². The van der Waals surface area contributed by atoms with E-state index in [0.717, 1.165) is 11.3 Å². The Balaban J connectivity index is 1.35. The lowest BCUT2D eigenvalue weighted by molar-refractivity contribution is -0.126. The van der Waals surface area contributed by atoms with Crippen LogP contribution in [0.15, 0.2) is 18.2 Å². The monoisotopic (exact) mass is 461 g/mol. The van der Waals surface area contributed by atoms with Crippen molar-refractivity contribution in [1.82, 2.24) is 20.4 Å². The largest absolute Gasteiger partial charge is 0.454 e. The average Bonchev–Trinajstić information content (AvgIpc) is 3.48. The zero-order valence-electron chi connectivity index (χ0n) is 17.5. The molecule has 0 spiro atoms. The van der Waals surface area contributed by atoms with Crippen LogP contribution in [0.1, 0.15) is 32.4 Å². The molecule has 2 aliphatic heterocycles. The molecular weight excluding hydrogens is 438 g/mol. The second kappa shape index (κ2) is 9.92. The fourth-order valence-corrected chi connectivity index (χ4v) is 4.20. The fourth-order valence-electron chi connectivity index (χ4n) is 3.49. The Morgan fingerprint density at radius 1 is 1.22 bits per heavy atom. The third-order valence-corrected chi connectivity index (χ3v) is 6.03. The van der Waals surface area contributed by atoms with Crippen LogP contribution in [-0.4, -0.2) is 73.0 Å². The van der Waals surface area contributed by atoms with Crippen LogP contribution in [0.3, 0.4) is 0 Å². The molecule has 2 N–H and O–H groups in total. The van der Waals surface area contributed by atoms with Gasteiger partial charge in [0.1, 0.15) is 0 Å². The number of nitrogens with one attached hydrogen (secondary N) is 2. The van der Waals surface area contributed by atoms with Crippen molar-refractivity contribution in [2.75, 3.05) is 45.5 Å². The summed E-state index contributed by atoms with van der Waals surface area (Å²) in [7, 11) is 1.57. The van der Waals surface area contributed by atoms with Crippen LogP contribution in [0.4, 0.5) is 5.69 Å². The van der Waals surface area contributed by atoms with Gasteiger partial charge < -0.3 is 29.7 Å². The van der Waals surface area contributed by atoms with E-state index in [1.807, 2.05) is 0 Å². The second-order valence-corrected chi connectivity index (χ2v) is 8.29. The van der Waals surface area contributed by atoms with Crippen molar-refractivity contribution in [3.63, 3.8) is 0 Å². The molecular formula is C20H23N5O6S. The van der Waals surface area contributed by atoms with E-state index in [1.165, 1.54) is 0 Å². The molecule has 32 heavy (non-hydrogen) atoms. The Hall–Kier alpha value is -3.25. The summed E-state index contributed by atoms with van der Waals surface area (Å²) in [5.74, 6) is -0.0406. The molecule has 0 radical (unpaired) electrons. The molecule has 1 unspecified atom stereocenters. The van der Waals surface area contributed by atoms with Crippen LogP contribution in [0.2, 0.25) is 0 Å². The molecule has 1 saturated heterocycles. The van der Waals surface area contributed by atoms with Gasteiger partial charge in [-0.1, -0.05) is 11.3 Å². The number of carbonyl (C=O) groups is 3. The quantitative estimate of drug-likeness (QED) is 0.587. The Kier molecular flexibility index (Phi) is 6.81. The lowest BCUT2D eigenvalue weighted by Crippen LogP contribution is -2.45. The van der Waals surface area contributed by atoms with Gasteiger partial charge in [0.05, 0.1) is 12.5 Å². The third-order valence-electron chi connectivity index (χ3n) is 5.12. The highest BCUT2D eigenvalue weighted by Crippen LogP contribution is 2.34. The van der Waals surface area contributed by atoms with Crippen LogP contribution in [0.5, 0.6) is 11.5 Å². The van der Waals surface area contributed by atoms with Gasteiger partial charge in [-0.15, -0.1) is 10.2 Å². The smallest absolute Gasteiger partial charge is 0.286 e.